The molecule has 0 radical (unpaired) electrons. The zero-order valence-corrected chi connectivity index (χ0v) is 16.3. The Hall–Kier alpha value is -3.47. The summed E-state index contributed by atoms with van der Waals surface area (Å²) in [6.45, 7) is 2.10. The molecule has 0 aromatic heterocycles. The predicted octanol–water partition coefficient (Wildman–Crippen LogP) is 3.97. The quantitative estimate of drug-likeness (QED) is 0.560. The van der Waals surface area contributed by atoms with Crippen molar-refractivity contribution in [2.24, 2.45) is 0 Å². The molecule has 2 aromatic carbocycles. The second kappa shape index (κ2) is 8.91. The number of alkyl halides is 3. The second-order valence-electron chi connectivity index (χ2n) is 6.77. The first-order chi connectivity index (χ1) is 14.3. The van der Waals surface area contributed by atoms with Crippen LogP contribution in [-0.4, -0.2) is 44.1 Å². The third-order valence-electron chi connectivity index (χ3n) is 4.90. The smallest absolute Gasteiger partial charge is 0.416 e. The molecule has 1 fully saturated rings. The normalized spacial score (nSPS) is 15.0. The number of carbonyl (C=O) groups is 1. The molecule has 1 aliphatic heterocycles. The van der Waals surface area contributed by atoms with Gasteiger partial charge in [0.25, 0.3) is 5.91 Å². The second-order valence-corrected chi connectivity index (χ2v) is 6.77. The van der Waals surface area contributed by atoms with Crippen LogP contribution in [0.1, 0.15) is 11.1 Å². The maximum Gasteiger partial charge on any atom is 0.416 e. The van der Waals surface area contributed by atoms with Crippen molar-refractivity contribution in [1.29, 1.82) is 5.26 Å². The molecule has 1 saturated heterocycles. The first kappa shape index (κ1) is 21.2. The summed E-state index contributed by atoms with van der Waals surface area (Å²) in [6.07, 6.45) is -3.11. The fourth-order valence-electron chi connectivity index (χ4n) is 3.21. The monoisotopic (exact) mass is 415 g/mol. The summed E-state index contributed by atoms with van der Waals surface area (Å²) in [4.78, 5) is 16.4. The van der Waals surface area contributed by atoms with Crippen molar-refractivity contribution in [2.45, 2.75) is 6.18 Å². The Morgan fingerprint density at radius 1 is 1.03 bits per heavy atom. The largest absolute Gasteiger partial charge is 0.497 e. The van der Waals surface area contributed by atoms with Gasteiger partial charge in [-0.1, -0.05) is 12.1 Å². The lowest BCUT2D eigenvalue weighted by Gasteiger charge is -2.36. The number of rotatable bonds is 4. The molecule has 0 saturated carbocycles. The van der Waals surface area contributed by atoms with Crippen LogP contribution in [0.5, 0.6) is 5.75 Å². The van der Waals surface area contributed by atoms with Crippen LogP contribution in [0, 0.1) is 11.3 Å². The van der Waals surface area contributed by atoms with Crippen LogP contribution >= 0.6 is 0 Å². The van der Waals surface area contributed by atoms with Crippen LogP contribution in [0.3, 0.4) is 0 Å². The maximum absolute atomic E-state index is 12.7. The van der Waals surface area contributed by atoms with Gasteiger partial charge in [-0.05, 0) is 48.0 Å². The Labute approximate surface area is 172 Å². The number of nitriles is 1. The molecule has 0 bridgehead atoms. The average Bonchev–Trinajstić information content (AvgIpc) is 2.77. The van der Waals surface area contributed by atoms with E-state index in [9.17, 15) is 23.2 Å². The summed E-state index contributed by atoms with van der Waals surface area (Å²) < 4.78 is 43.2. The molecule has 0 atom stereocenters. The molecule has 1 heterocycles. The van der Waals surface area contributed by atoms with E-state index < -0.39 is 17.6 Å². The van der Waals surface area contributed by atoms with Crippen LogP contribution in [0.15, 0.2) is 54.1 Å². The number of ether oxygens (including phenoxy) is 1. The zero-order chi connectivity index (χ0) is 21.7. The molecule has 0 N–H and O–H groups in total. The lowest BCUT2D eigenvalue weighted by Crippen LogP contribution is -2.49. The highest BCUT2D eigenvalue weighted by Crippen LogP contribution is 2.29. The van der Waals surface area contributed by atoms with Gasteiger partial charge >= 0.3 is 6.18 Å². The van der Waals surface area contributed by atoms with Gasteiger partial charge in [0.15, 0.2) is 0 Å². The number of nitrogens with zero attached hydrogens (tertiary/aromatic N) is 3. The molecule has 1 amide bonds. The summed E-state index contributed by atoms with van der Waals surface area (Å²) in [6, 6.07) is 13.8. The number of methoxy groups -OCH3 is 1. The standard InChI is InChI=1S/C22H20F3N3O2/c1-30-20-8-6-19(7-9-20)27-10-12-28(13-11-27)21(29)17(15-26)14-16-2-4-18(5-3-16)22(23,24)25/h2-9,14H,10-13H2,1H3/b17-14+. The maximum atomic E-state index is 12.7. The van der Waals surface area contributed by atoms with Crippen LogP contribution < -0.4 is 9.64 Å². The third kappa shape index (κ3) is 4.92. The summed E-state index contributed by atoms with van der Waals surface area (Å²) in [5.74, 6) is 0.339. The van der Waals surface area contributed by atoms with Crippen LogP contribution in [-0.2, 0) is 11.0 Å². The van der Waals surface area contributed by atoms with Gasteiger partial charge in [-0.25, -0.2) is 0 Å². The van der Waals surface area contributed by atoms with Crippen molar-refractivity contribution >= 4 is 17.7 Å². The fourth-order valence-corrected chi connectivity index (χ4v) is 3.21. The lowest BCUT2D eigenvalue weighted by molar-refractivity contribution is -0.137. The van der Waals surface area contributed by atoms with Gasteiger partial charge in [0.1, 0.15) is 17.4 Å². The molecule has 3 rings (SSSR count). The first-order valence-electron chi connectivity index (χ1n) is 9.29. The highest BCUT2D eigenvalue weighted by Gasteiger charge is 2.30. The number of hydrogen-bond acceptors (Lipinski definition) is 4. The van der Waals surface area contributed by atoms with Crippen molar-refractivity contribution in [3.63, 3.8) is 0 Å². The van der Waals surface area contributed by atoms with E-state index in [0.717, 1.165) is 23.6 Å². The minimum absolute atomic E-state index is 0.104. The topological polar surface area (TPSA) is 56.6 Å². The average molecular weight is 415 g/mol. The van der Waals surface area contributed by atoms with Gasteiger partial charge in [0, 0.05) is 31.9 Å². The summed E-state index contributed by atoms with van der Waals surface area (Å²) in [5, 5.41) is 9.38. The van der Waals surface area contributed by atoms with E-state index in [4.69, 9.17) is 4.74 Å². The highest BCUT2D eigenvalue weighted by molar-refractivity contribution is 6.01. The Morgan fingerprint density at radius 2 is 1.63 bits per heavy atom. The predicted molar refractivity (Wildman–Crippen MR) is 107 cm³/mol. The molecule has 0 aliphatic carbocycles. The molecule has 156 valence electrons. The van der Waals surface area contributed by atoms with Crippen LogP contribution in [0.4, 0.5) is 18.9 Å². The number of benzene rings is 2. The summed E-state index contributed by atoms with van der Waals surface area (Å²) in [7, 11) is 1.60. The van der Waals surface area contributed by atoms with Gasteiger partial charge in [0.05, 0.1) is 12.7 Å². The van der Waals surface area contributed by atoms with Gasteiger partial charge in [-0.2, -0.15) is 18.4 Å². The molecule has 0 unspecified atom stereocenters. The Kier molecular flexibility index (Phi) is 6.31. The number of anilines is 1. The Balaban J connectivity index is 1.65. The van der Waals surface area contributed by atoms with Crippen LogP contribution in [0.25, 0.3) is 6.08 Å². The first-order valence-corrected chi connectivity index (χ1v) is 9.29. The minimum Gasteiger partial charge on any atom is -0.497 e. The molecular formula is C22H20F3N3O2. The van der Waals surface area contributed by atoms with Crippen molar-refractivity contribution in [3.05, 3.63) is 65.2 Å². The van der Waals surface area contributed by atoms with Gasteiger partial charge < -0.3 is 14.5 Å². The van der Waals surface area contributed by atoms with Crippen LogP contribution in [0.2, 0.25) is 0 Å². The minimum atomic E-state index is -4.43. The highest BCUT2D eigenvalue weighted by atomic mass is 19.4. The van der Waals surface area contributed by atoms with Gasteiger partial charge in [0.2, 0.25) is 0 Å². The number of amides is 1. The van der Waals surface area contributed by atoms with E-state index >= 15 is 0 Å². The summed E-state index contributed by atoms with van der Waals surface area (Å²) in [5.41, 5.74) is 0.500. The van der Waals surface area contributed by atoms with Crippen molar-refractivity contribution in [2.75, 3.05) is 38.2 Å². The molecule has 5 nitrogen and oxygen atoms in total. The van der Waals surface area contributed by atoms with Gasteiger partial charge in [-0.15, -0.1) is 0 Å². The summed E-state index contributed by atoms with van der Waals surface area (Å²) >= 11 is 0. The van der Waals surface area contributed by atoms with Crippen molar-refractivity contribution in [1.82, 2.24) is 4.90 Å². The molecule has 0 spiro atoms. The SMILES string of the molecule is COc1ccc(N2CCN(C(=O)/C(C#N)=C/c3ccc(C(F)(F)F)cc3)CC2)cc1. The fraction of sp³-hybridized carbons (Fsp3) is 0.273. The zero-order valence-electron chi connectivity index (χ0n) is 16.3. The van der Waals surface area contributed by atoms with E-state index in [1.54, 1.807) is 12.0 Å². The molecule has 30 heavy (non-hydrogen) atoms. The lowest BCUT2D eigenvalue weighted by atomic mass is 10.1. The molecule has 8 heteroatoms. The molecule has 1 aliphatic rings. The molecule has 2 aromatic rings. The van der Waals surface area contributed by atoms with E-state index in [0.29, 0.717) is 31.7 Å². The van der Waals surface area contributed by atoms with E-state index in [2.05, 4.69) is 4.90 Å². The Bertz CT molecular complexity index is 953. The number of piperazine rings is 1. The Morgan fingerprint density at radius 3 is 2.13 bits per heavy atom. The van der Waals surface area contributed by atoms with Crippen molar-refractivity contribution < 1.29 is 22.7 Å². The van der Waals surface area contributed by atoms with Crippen molar-refractivity contribution in [3.8, 4) is 11.8 Å². The van der Waals surface area contributed by atoms with E-state index in [-0.39, 0.29) is 5.57 Å². The number of hydrogen-bond donors (Lipinski definition) is 0. The molecular weight excluding hydrogens is 395 g/mol. The van der Waals surface area contributed by atoms with E-state index in [1.807, 2.05) is 30.3 Å². The third-order valence-corrected chi connectivity index (χ3v) is 4.90. The number of carbonyl (C=O) groups excluding carboxylic acids is 1. The number of halogens is 3. The van der Waals surface area contributed by atoms with Gasteiger partial charge in [-0.3, -0.25) is 4.79 Å². The van der Waals surface area contributed by atoms with E-state index in [1.165, 1.54) is 18.2 Å².